The van der Waals surface area contributed by atoms with Crippen molar-refractivity contribution in [2.45, 2.75) is 44.9 Å². The first kappa shape index (κ1) is 18.7. The van der Waals surface area contributed by atoms with Crippen molar-refractivity contribution < 1.29 is 19.8 Å². The van der Waals surface area contributed by atoms with E-state index in [1.807, 2.05) is 0 Å². The van der Waals surface area contributed by atoms with Crippen molar-refractivity contribution >= 4 is 12.0 Å². The van der Waals surface area contributed by atoms with Crippen LogP contribution >= 0.6 is 0 Å². The van der Waals surface area contributed by atoms with Crippen LogP contribution in [0.3, 0.4) is 0 Å². The van der Waals surface area contributed by atoms with E-state index in [4.69, 9.17) is 10.2 Å². The number of hydrogen-bond acceptors (Lipinski definition) is 3. The largest absolute Gasteiger partial charge is 0.465 e. The third kappa shape index (κ3) is 6.64. The van der Waals surface area contributed by atoms with Gasteiger partial charge < -0.3 is 20.0 Å². The summed E-state index contributed by atoms with van der Waals surface area (Å²) in [6.45, 7) is 1.33. The first-order chi connectivity index (χ1) is 10.4. The molecule has 0 aliphatic heterocycles. The van der Waals surface area contributed by atoms with Crippen LogP contribution in [0.1, 0.15) is 44.9 Å². The second-order valence-electron chi connectivity index (χ2n) is 6.48. The van der Waals surface area contributed by atoms with Crippen molar-refractivity contribution in [3.63, 3.8) is 0 Å². The van der Waals surface area contributed by atoms with Crippen molar-refractivity contribution in [3.8, 4) is 0 Å². The lowest BCUT2D eigenvalue weighted by Crippen LogP contribution is -2.31. The molecule has 0 radical (unpaired) electrons. The maximum absolute atomic E-state index is 12.1. The maximum atomic E-state index is 12.1. The highest BCUT2D eigenvalue weighted by Crippen LogP contribution is 2.32. The maximum Gasteiger partial charge on any atom is 0.407 e. The van der Waals surface area contributed by atoms with Gasteiger partial charge in [-0.15, -0.1) is 0 Å². The van der Waals surface area contributed by atoms with Crippen molar-refractivity contribution in [2.75, 3.05) is 33.8 Å². The normalized spacial score (nSPS) is 21.4. The zero-order valence-corrected chi connectivity index (χ0v) is 13.8. The van der Waals surface area contributed by atoms with Crippen LogP contribution in [0.2, 0.25) is 0 Å². The molecule has 1 rings (SSSR count). The minimum Gasteiger partial charge on any atom is -0.465 e. The van der Waals surface area contributed by atoms with Gasteiger partial charge in [0, 0.05) is 40.2 Å². The number of hydrogen-bond donors (Lipinski definition) is 2. The van der Waals surface area contributed by atoms with E-state index >= 15 is 0 Å². The molecule has 0 aromatic carbocycles. The van der Waals surface area contributed by atoms with E-state index in [-0.39, 0.29) is 12.5 Å². The molecule has 6 nitrogen and oxygen atoms in total. The second kappa shape index (κ2) is 9.66. The van der Waals surface area contributed by atoms with E-state index in [1.165, 1.54) is 4.90 Å². The van der Waals surface area contributed by atoms with Crippen molar-refractivity contribution in [2.24, 2.45) is 11.8 Å². The Morgan fingerprint density at radius 2 is 1.59 bits per heavy atom. The first-order valence-corrected chi connectivity index (χ1v) is 8.23. The molecule has 128 valence electrons. The van der Waals surface area contributed by atoms with E-state index in [0.717, 1.165) is 32.1 Å². The van der Waals surface area contributed by atoms with Crippen LogP contribution in [0, 0.1) is 11.8 Å². The summed E-state index contributed by atoms with van der Waals surface area (Å²) in [6, 6.07) is 0. The van der Waals surface area contributed by atoms with Crippen LogP contribution in [-0.4, -0.2) is 65.8 Å². The lowest BCUT2D eigenvalue weighted by molar-refractivity contribution is -0.131. The fourth-order valence-electron chi connectivity index (χ4n) is 3.03. The summed E-state index contributed by atoms with van der Waals surface area (Å²) in [4.78, 5) is 25.9. The van der Waals surface area contributed by atoms with Crippen molar-refractivity contribution in [1.82, 2.24) is 9.80 Å². The molecule has 0 heterocycles. The summed E-state index contributed by atoms with van der Waals surface area (Å²) in [5, 5.41) is 17.6. The lowest BCUT2D eigenvalue weighted by Gasteiger charge is -2.30. The second-order valence-corrected chi connectivity index (χ2v) is 6.48. The van der Waals surface area contributed by atoms with Gasteiger partial charge >= 0.3 is 6.09 Å². The summed E-state index contributed by atoms with van der Waals surface area (Å²) in [5.41, 5.74) is 0. The number of carbonyl (C=O) groups excluding carboxylic acids is 1. The van der Waals surface area contributed by atoms with Gasteiger partial charge in [0.1, 0.15) is 0 Å². The number of carbonyl (C=O) groups is 2. The Morgan fingerprint density at radius 1 is 1.00 bits per heavy atom. The van der Waals surface area contributed by atoms with Gasteiger partial charge in [0.2, 0.25) is 5.91 Å². The third-order valence-corrected chi connectivity index (χ3v) is 4.71. The molecule has 0 bridgehead atoms. The average molecular weight is 314 g/mol. The van der Waals surface area contributed by atoms with Gasteiger partial charge in [-0.25, -0.2) is 4.79 Å². The minimum atomic E-state index is -0.870. The van der Waals surface area contributed by atoms with Gasteiger partial charge in [0.05, 0.1) is 0 Å². The SMILES string of the molecule is CN(CCC1CCC(CC(=O)N(C)CCCO)CC1)C(=O)O. The van der Waals surface area contributed by atoms with E-state index < -0.39 is 6.09 Å². The van der Waals surface area contributed by atoms with Crippen LogP contribution in [0.5, 0.6) is 0 Å². The lowest BCUT2D eigenvalue weighted by atomic mass is 9.79. The molecule has 6 heteroatoms. The highest BCUT2D eigenvalue weighted by atomic mass is 16.4. The zero-order chi connectivity index (χ0) is 16.5. The fraction of sp³-hybridized carbons (Fsp3) is 0.875. The Balaban J connectivity index is 2.22. The van der Waals surface area contributed by atoms with Crippen LogP contribution < -0.4 is 0 Å². The van der Waals surface area contributed by atoms with E-state index in [2.05, 4.69) is 0 Å². The summed E-state index contributed by atoms with van der Waals surface area (Å²) >= 11 is 0. The topological polar surface area (TPSA) is 81.1 Å². The Hall–Kier alpha value is -1.30. The number of nitrogens with zero attached hydrogens (tertiary/aromatic N) is 2. The van der Waals surface area contributed by atoms with Crippen LogP contribution in [0.4, 0.5) is 4.79 Å². The molecule has 22 heavy (non-hydrogen) atoms. The molecule has 0 saturated heterocycles. The smallest absolute Gasteiger partial charge is 0.407 e. The van der Waals surface area contributed by atoms with Crippen LogP contribution in [0.15, 0.2) is 0 Å². The van der Waals surface area contributed by atoms with E-state index in [0.29, 0.717) is 37.8 Å². The summed E-state index contributed by atoms with van der Waals surface area (Å²) < 4.78 is 0. The monoisotopic (exact) mass is 314 g/mol. The minimum absolute atomic E-state index is 0.119. The number of rotatable bonds is 8. The number of aliphatic hydroxyl groups is 1. The predicted octanol–water partition coefficient (Wildman–Crippen LogP) is 2.02. The number of aliphatic hydroxyl groups excluding tert-OH is 1. The Morgan fingerprint density at radius 3 is 2.14 bits per heavy atom. The summed E-state index contributed by atoms with van der Waals surface area (Å²) in [6.07, 6.45) is 5.57. The zero-order valence-electron chi connectivity index (χ0n) is 13.8. The predicted molar refractivity (Wildman–Crippen MR) is 84.7 cm³/mol. The molecule has 0 aromatic heterocycles. The number of carboxylic acid groups (broad SMARTS) is 1. The Kier molecular flexibility index (Phi) is 8.24. The standard InChI is InChI=1S/C16H30N2O4/c1-17(9-3-11-19)15(20)12-14-6-4-13(5-7-14)8-10-18(2)16(21)22/h13-14,19H,3-12H2,1-2H3,(H,21,22). The molecule has 0 atom stereocenters. The van der Waals surface area contributed by atoms with Gasteiger partial charge in [0.25, 0.3) is 0 Å². The fourth-order valence-corrected chi connectivity index (χ4v) is 3.03. The summed E-state index contributed by atoms with van der Waals surface area (Å²) in [5.74, 6) is 1.21. The molecular formula is C16H30N2O4. The highest BCUT2D eigenvalue weighted by molar-refractivity contribution is 5.76. The van der Waals surface area contributed by atoms with Gasteiger partial charge in [-0.05, 0) is 37.5 Å². The van der Waals surface area contributed by atoms with Crippen molar-refractivity contribution in [3.05, 3.63) is 0 Å². The van der Waals surface area contributed by atoms with E-state index in [1.54, 1.807) is 19.0 Å². The molecule has 0 unspecified atom stereocenters. The van der Waals surface area contributed by atoms with Gasteiger partial charge in [-0.1, -0.05) is 12.8 Å². The average Bonchev–Trinajstić information content (AvgIpc) is 2.51. The van der Waals surface area contributed by atoms with Crippen molar-refractivity contribution in [1.29, 1.82) is 0 Å². The third-order valence-electron chi connectivity index (χ3n) is 4.71. The molecule has 1 fully saturated rings. The van der Waals surface area contributed by atoms with E-state index in [9.17, 15) is 9.59 Å². The first-order valence-electron chi connectivity index (χ1n) is 8.23. The highest BCUT2D eigenvalue weighted by Gasteiger charge is 2.24. The molecule has 2 amide bonds. The van der Waals surface area contributed by atoms with Gasteiger partial charge in [-0.3, -0.25) is 4.79 Å². The van der Waals surface area contributed by atoms with Crippen LogP contribution in [0.25, 0.3) is 0 Å². The molecule has 0 spiro atoms. The molecular weight excluding hydrogens is 284 g/mol. The Labute approximate surface area is 133 Å². The molecule has 1 saturated carbocycles. The molecule has 2 N–H and O–H groups in total. The quantitative estimate of drug-likeness (QED) is 0.718. The molecule has 1 aliphatic carbocycles. The Bertz CT molecular complexity index is 354. The molecule has 1 aliphatic rings. The van der Waals surface area contributed by atoms with Crippen LogP contribution in [-0.2, 0) is 4.79 Å². The molecule has 0 aromatic rings. The summed E-state index contributed by atoms with van der Waals surface area (Å²) in [7, 11) is 3.40. The van der Waals surface area contributed by atoms with Gasteiger partial charge in [0.15, 0.2) is 0 Å². The van der Waals surface area contributed by atoms with Gasteiger partial charge in [-0.2, -0.15) is 0 Å². The number of amides is 2.